The van der Waals surface area contributed by atoms with Crippen LogP contribution in [0.15, 0.2) is 64.6 Å². The Balaban J connectivity index is 2.31. The molecule has 2 rings (SSSR count). The van der Waals surface area contributed by atoms with Crippen LogP contribution in [0.5, 0.6) is 0 Å². The van der Waals surface area contributed by atoms with Gasteiger partial charge in [0, 0.05) is 12.6 Å². The summed E-state index contributed by atoms with van der Waals surface area (Å²) in [6.45, 7) is 0. The average molecular weight is 272 g/mol. The van der Waals surface area contributed by atoms with Crippen LogP contribution < -0.4 is 5.73 Å². The number of rotatable bonds is 2. The van der Waals surface area contributed by atoms with Crippen LogP contribution in [-0.4, -0.2) is 18.2 Å². The molecule has 0 aliphatic rings. The van der Waals surface area contributed by atoms with Gasteiger partial charge in [-0.3, -0.25) is 4.99 Å². The van der Waals surface area contributed by atoms with Gasteiger partial charge in [0.2, 0.25) is 0 Å². The standard InChI is InChI=1S/C15H14ClN3/c1-18-14(19-15(16)17)13-9-7-12(8-10-13)11-5-3-2-4-6-11/h2-10H,1H3,(H2,17,18,19). The zero-order chi connectivity index (χ0) is 13.7. The molecule has 0 aliphatic heterocycles. The van der Waals surface area contributed by atoms with Gasteiger partial charge in [0.05, 0.1) is 0 Å². The highest BCUT2D eigenvalue weighted by Gasteiger charge is 2.03. The summed E-state index contributed by atoms with van der Waals surface area (Å²) in [6, 6.07) is 18.1. The fraction of sp³-hybridized carbons (Fsp3) is 0.0667. The first-order valence-corrected chi connectivity index (χ1v) is 6.21. The Morgan fingerprint density at radius 3 is 2.05 bits per heavy atom. The highest BCUT2D eigenvalue weighted by atomic mass is 35.5. The maximum Gasteiger partial charge on any atom is 0.195 e. The summed E-state index contributed by atoms with van der Waals surface area (Å²) in [5.74, 6) is 0.520. The molecule has 0 saturated carbocycles. The molecule has 0 aromatic heterocycles. The molecular formula is C15H14ClN3. The topological polar surface area (TPSA) is 50.7 Å². The van der Waals surface area contributed by atoms with Crippen LogP contribution >= 0.6 is 11.6 Å². The van der Waals surface area contributed by atoms with Crippen molar-refractivity contribution < 1.29 is 0 Å². The fourth-order valence-electron chi connectivity index (χ4n) is 1.79. The van der Waals surface area contributed by atoms with Gasteiger partial charge in [-0.15, -0.1) is 0 Å². The van der Waals surface area contributed by atoms with Gasteiger partial charge in [-0.1, -0.05) is 54.6 Å². The van der Waals surface area contributed by atoms with Crippen molar-refractivity contribution in [3.8, 4) is 11.1 Å². The Morgan fingerprint density at radius 2 is 1.53 bits per heavy atom. The molecule has 0 bridgehead atoms. The molecule has 0 atom stereocenters. The van der Waals surface area contributed by atoms with E-state index in [4.69, 9.17) is 17.3 Å². The summed E-state index contributed by atoms with van der Waals surface area (Å²) in [5, 5.41) is -0.0206. The van der Waals surface area contributed by atoms with Crippen molar-refractivity contribution in [1.82, 2.24) is 0 Å². The summed E-state index contributed by atoms with van der Waals surface area (Å²) in [6.07, 6.45) is 0. The van der Waals surface area contributed by atoms with E-state index in [-0.39, 0.29) is 5.29 Å². The second-order valence-electron chi connectivity index (χ2n) is 3.93. The Hall–Kier alpha value is -2.13. The van der Waals surface area contributed by atoms with E-state index >= 15 is 0 Å². The molecular weight excluding hydrogens is 258 g/mol. The fourth-order valence-corrected chi connectivity index (χ4v) is 1.87. The zero-order valence-corrected chi connectivity index (χ0v) is 11.3. The summed E-state index contributed by atoms with van der Waals surface area (Å²) >= 11 is 5.58. The van der Waals surface area contributed by atoms with E-state index in [0.717, 1.165) is 11.1 Å². The number of amidine groups is 2. The minimum Gasteiger partial charge on any atom is -0.374 e. The highest BCUT2D eigenvalue weighted by Crippen LogP contribution is 2.19. The van der Waals surface area contributed by atoms with Gasteiger partial charge in [0.15, 0.2) is 11.1 Å². The van der Waals surface area contributed by atoms with Crippen LogP contribution in [0, 0.1) is 0 Å². The average Bonchev–Trinajstić information content (AvgIpc) is 2.46. The molecule has 0 amide bonds. The zero-order valence-electron chi connectivity index (χ0n) is 10.5. The van der Waals surface area contributed by atoms with E-state index < -0.39 is 0 Å². The molecule has 2 aromatic rings. The van der Waals surface area contributed by atoms with E-state index in [0.29, 0.717) is 5.84 Å². The normalized spacial score (nSPS) is 12.5. The molecule has 96 valence electrons. The lowest BCUT2D eigenvalue weighted by atomic mass is 10.0. The molecule has 0 aliphatic carbocycles. The van der Waals surface area contributed by atoms with Gasteiger partial charge in [-0.2, -0.15) is 0 Å². The van der Waals surface area contributed by atoms with E-state index in [9.17, 15) is 0 Å². The smallest absolute Gasteiger partial charge is 0.195 e. The summed E-state index contributed by atoms with van der Waals surface area (Å²) < 4.78 is 0. The van der Waals surface area contributed by atoms with Crippen LogP contribution in [0.2, 0.25) is 0 Å². The number of nitrogens with zero attached hydrogens (tertiary/aromatic N) is 2. The summed E-state index contributed by atoms with van der Waals surface area (Å²) in [4.78, 5) is 8.04. The highest BCUT2D eigenvalue weighted by molar-refractivity contribution is 6.65. The summed E-state index contributed by atoms with van der Waals surface area (Å²) in [7, 11) is 1.66. The molecule has 0 spiro atoms. The Morgan fingerprint density at radius 1 is 0.947 bits per heavy atom. The number of aliphatic imine (C=N–C) groups is 2. The van der Waals surface area contributed by atoms with Crippen molar-refractivity contribution in [2.45, 2.75) is 0 Å². The van der Waals surface area contributed by atoms with E-state index in [1.165, 1.54) is 5.56 Å². The number of nitrogens with two attached hydrogens (primary N) is 1. The molecule has 0 fully saturated rings. The van der Waals surface area contributed by atoms with Gasteiger partial charge in [-0.25, -0.2) is 4.99 Å². The second kappa shape index (κ2) is 6.16. The minimum absolute atomic E-state index is 0.0206. The first-order chi connectivity index (χ1) is 9.20. The molecule has 0 unspecified atom stereocenters. The van der Waals surface area contributed by atoms with Crippen LogP contribution in [-0.2, 0) is 0 Å². The van der Waals surface area contributed by atoms with Crippen LogP contribution in [0.1, 0.15) is 5.56 Å². The quantitative estimate of drug-likeness (QED) is 0.509. The maximum absolute atomic E-state index is 5.58. The van der Waals surface area contributed by atoms with E-state index in [1.54, 1.807) is 7.05 Å². The van der Waals surface area contributed by atoms with Gasteiger partial charge < -0.3 is 5.73 Å². The van der Waals surface area contributed by atoms with Crippen molar-refractivity contribution >= 4 is 22.7 Å². The Bertz CT molecular complexity index is 597. The Kier molecular flexibility index (Phi) is 4.31. The third-order valence-corrected chi connectivity index (χ3v) is 2.76. The first-order valence-electron chi connectivity index (χ1n) is 5.83. The van der Waals surface area contributed by atoms with Gasteiger partial charge in [0.1, 0.15) is 0 Å². The Labute approximate surface area is 117 Å². The third kappa shape index (κ3) is 3.42. The van der Waals surface area contributed by atoms with Crippen molar-refractivity contribution in [3.63, 3.8) is 0 Å². The molecule has 0 heterocycles. The van der Waals surface area contributed by atoms with E-state index in [1.807, 2.05) is 42.5 Å². The predicted molar refractivity (Wildman–Crippen MR) is 81.8 cm³/mol. The largest absolute Gasteiger partial charge is 0.374 e. The van der Waals surface area contributed by atoms with Crippen molar-refractivity contribution in [3.05, 3.63) is 60.2 Å². The maximum atomic E-state index is 5.58. The predicted octanol–water partition coefficient (Wildman–Crippen LogP) is 3.28. The van der Waals surface area contributed by atoms with Crippen LogP contribution in [0.25, 0.3) is 11.1 Å². The molecule has 0 saturated heterocycles. The molecule has 4 heteroatoms. The lowest BCUT2D eigenvalue weighted by molar-refractivity contribution is 1.38. The molecule has 2 N–H and O–H groups in total. The van der Waals surface area contributed by atoms with E-state index in [2.05, 4.69) is 22.1 Å². The van der Waals surface area contributed by atoms with Crippen molar-refractivity contribution in [2.75, 3.05) is 7.05 Å². The van der Waals surface area contributed by atoms with Gasteiger partial charge in [-0.05, 0) is 22.7 Å². The SMILES string of the molecule is CN=C(N=C(N)Cl)c1ccc(-c2ccccc2)cc1. The first kappa shape index (κ1) is 13.3. The number of benzene rings is 2. The van der Waals surface area contributed by atoms with Crippen molar-refractivity contribution in [2.24, 2.45) is 15.7 Å². The van der Waals surface area contributed by atoms with Crippen LogP contribution in [0.4, 0.5) is 0 Å². The lowest BCUT2D eigenvalue weighted by Gasteiger charge is -2.04. The molecule has 19 heavy (non-hydrogen) atoms. The van der Waals surface area contributed by atoms with Crippen LogP contribution in [0.3, 0.4) is 0 Å². The lowest BCUT2D eigenvalue weighted by Crippen LogP contribution is -2.07. The van der Waals surface area contributed by atoms with Gasteiger partial charge in [0.25, 0.3) is 0 Å². The number of halogens is 1. The van der Waals surface area contributed by atoms with Gasteiger partial charge >= 0.3 is 0 Å². The van der Waals surface area contributed by atoms with Crippen molar-refractivity contribution in [1.29, 1.82) is 0 Å². The number of hydrogen-bond acceptors (Lipinski definition) is 1. The summed E-state index contributed by atoms with van der Waals surface area (Å²) in [5.41, 5.74) is 8.55. The molecule has 3 nitrogen and oxygen atoms in total. The molecule has 2 aromatic carbocycles. The number of hydrogen-bond donors (Lipinski definition) is 1. The minimum atomic E-state index is -0.0206. The third-order valence-electron chi connectivity index (χ3n) is 2.67. The molecule has 0 radical (unpaired) electrons. The second-order valence-corrected chi connectivity index (χ2v) is 4.31. The monoisotopic (exact) mass is 271 g/mol.